The number of aliphatic hydroxyl groups is 1. The summed E-state index contributed by atoms with van der Waals surface area (Å²) in [6.45, 7) is 8.32. The summed E-state index contributed by atoms with van der Waals surface area (Å²) in [7, 11) is 1.47. The van der Waals surface area contributed by atoms with Crippen LogP contribution in [0.25, 0.3) is 0 Å². The molecule has 0 radical (unpaired) electrons. The molecule has 0 amide bonds. The zero-order valence-electron chi connectivity index (χ0n) is 15.6. The lowest BCUT2D eigenvalue weighted by molar-refractivity contribution is -0.201. The van der Waals surface area contributed by atoms with Gasteiger partial charge < -0.3 is 9.84 Å². The van der Waals surface area contributed by atoms with E-state index in [1.807, 2.05) is 6.92 Å². The number of esters is 1. The molecule has 7 atom stereocenters. The van der Waals surface area contributed by atoms with Crippen LogP contribution in [0.3, 0.4) is 0 Å². The molecule has 4 fully saturated rings. The predicted octanol–water partition coefficient (Wildman–Crippen LogP) is 3.28. The number of rotatable bonds is 1. The van der Waals surface area contributed by atoms with Gasteiger partial charge in [-0.05, 0) is 68.3 Å². The van der Waals surface area contributed by atoms with Gasteiger partial charge in [-0.15, -0.1) is 0 Å². The Bertz CT molecular complexity index is 654. The molecule has 4 rings (SSSR count). The fraction of sp³-hybridized carbons (Fsp3) is 0.810. The molecular weight excluding hydrogens is 316 g/mol. The Morgan fingerprint density at radius 3 is 2.68 bits per heavy atom. The Hall–Kier alpha value is -1.16. The predicted molar refractivity (Wildman–Crippen MR) is 93.6 cm³/mol. The van der Waals surface area contributed by atoms with Gasteiger partial charge in [-0.25, -0.2) is 0 Å². The zero-order chi connectivity index (χ0) is 18.2. The minimum absolute atomic E-state index is 0.0639. The van der Waals surface area contributed by atoms with E-state index in [2.05, 4.69) is 13.5 Å². The highest BCUT2D eigenvalue weighted by Gasteiger charge is 2.70. The lowest BCUT2D eigenvalue weighted by atomic mass is 9.40. The van der Waals surface area contributed by atoms with E-state index in [1.54, 1.807) is 0 Å². The van der Waals surface area contributed by atoms with Crippen LogP contribution < -0.4 is 0 Å². The highest BCUT2D eigenvalue weighted by Crippen LogP contribution is 2.71. The van der Waals surface area contributed by atoms with Crippen molar-refractivity contribution in [3.63, 3.8) is 0 Å². The van der Waals surface area contributed by atoms with Crippen molar-refractivity contribution in [3.8, 4) is 0 Å². The maximum absolute atomic E-state index is 13.2. The number of Topliss-reactive ketones (excluding diaryl/α,β-unsaturated/α-hetero) is 1. The van der Waals surface area contributed by atoms with Gasteiger partial charge in [-0.3, -0.25) is 9.59 Å². The van der Waals surface area contributed by atoms with E-state index < -0.39 is 16.9 Å². The van der Waals surface area contributed by atoms with Gasteiger partial charge >= 0.3 is 5.97 Å². The van der Waals surface area contributed by atoms with E-state index in [9.17, 15) is 14.7 Å². The van der Waals surface area contributed by atoms with Gasteiger partial charge in [0.05, 0.1) is 18.6 Å². The number of carbonyl (C=O) groups is 2. The molecule has 4 aliphatic rings. The molecule has 4 saturated carbocycles. The fourth-order valence-corrected chi connectivity index (χ4v) is 7.70. The van der Waals surface area contributed by atoms with Crippen LogP contribution in [-0.2, 0) is 14.3 Å². The number of allylic oxidation sites excluding steroid dienone is 1. The first-order chi connectivity index (χ1) is 11.7. The van der Waals surface area contributed by atoms with Gasteiger partial charge in [0.1, 0.15) is 0 Å². The standard InChI is InChI=1S/C21H30O4/c1-12-13-10-14(22)16-19(2)7-5-8-20(3,18(24)25-4)15(19)6-9-21(16,11-13)17(12)23/h13-16,22H,1,5-11H2,2-4H3/t13-,14-,15+,16+,19-,20+,21-/m0/s1. The van der Waals surface area contributed by atoms with E-state index in [0.717, 1.165) is 44.1 Å². The summed E-state index contributed by atoms with van der Waals surface area (Å²) in [5.41, 5.74) is -0.433. The topological polar surface area (TPSA) is 63.6 Å². The van der Waals surface area contributed by atoms with Crippen molar-refractivity contribution in [1.82, 2.24) is 0 Å². The average Bonchev–Trinajstić information content (AvgIpc) is 2.75. The lowest BCUT2D eigenvalue weighted by Crippen LogP contribution is -2.62. The van der Waals surface area contributed by atoms with Crippen molar-refractivity contribution in [1.29, 1.82) is 0 Å². The number of aliphatic hydroxyl groups excluding tert-OH is 1. The first kappa shape index (κ1) is 17.3. The van der Waals surface area contributed by atoms with Gasteiger partial charge in [0.15, 0.2) is 5.78 Å². The molecule has 0 aliphatic heterocycles. The van der Waals surface area contributed by atoms with Crippen molar-refractivity contribution in [3.05, 3.63) is 12.2 Å². The van der Waals surface area contributed by atoms with E-state index in [-0.39, 0.29) is 34.9 Å². The third kappa shape index (κ3) is 1.92. The molecule has 0 aromatic heterocycles. The monoisotopic (exact) mass is 346 g/mol. The van der Waals surface area contributed by atoms with Crippen molar-refractivity contribution in [2.75, 3.05) is 7.11 Å². The van der Waals surface area contributed by atoms with Crippen LogP contribution in [0.15, 0.2) is 12.2 Å². The number of carbonyl (C=O) groups excluding carboxylic acids is 2. The van der Waals surface area contributed by atoms with Crippen LogP contribution in [0.1, 0.15) is 58.8 Å². The highest BCUT2D eigenvalue weighted by molar-refractivity contribution is 6.03. The molecule has 4 aliphatic carbocycles. The number of methoxy groups -OCH3 is 1. The molecule has 0 saturated heterocycles. The quantitative estimate of drug-likeness (QED) is 0.585. The third-order valence-corrected chi connectivity index (χ3v) is 8.57. The Morgan fingerprint density at radius 1 is 1.28 bits per heavy atom. The molecule has 138 valence electrons. The molecule has 1 N–H and O–H groups in total. The summed E-state index contributed by atoms with van der Waals surface area (Å²) in [4.78, 5) is 25.8. The first-order valence-corrected chi connectivity index (χ1v) is 9.71. The van der Waals surface area contributed by atoms with Crippen LogP contribution >= 0.6 is 0 Å². The first-order valence-electron chi connectivity index (χ1n) is 9.71. The van der Waals surface area contributed by atoms with Crippen LogP contribution in [0, 0.1) is 34.0 Å². The molecule has 2 bridgehead atoms. The highest BCUT2D eigenvalue weighted by atomic mass is 16.5. The van der Waals surface area contributed by atoms with Crippen molar-refractivity contribution in [2.24, 2.45) is 34.0 Å². The van der Waals surface area contributed by atoms with E-state index >= 15 is 0 Å². The second-order valence-electron chi connectivity index (χ2n) is 9.55. The summed E-state index contributed by atoms with van der Waals surface area (Å²) in [6.07, 6.45) is 5.40. The van der Waals surface area contributed by atoms with Gasteiger partial charge in [-0.2, -0.15) is 0 Å². The molecule has 0 aromatic carbocycles. The van der Waals surface area contributed by atoms with Crippen LogP contribution in [0.4, 0.5) is 0 Å². The Morgan fingerprint density at radius 2 is 2.00 bits per heavy atom. The molecular formula is C21H30O4. The van der Waals surface area contributed by atoms with E-state index in [0.29, 0.717) is 6.42 Å². The lowest BCUT2D eigenvalue weighted by Gasteiger charge is -2.63. The largest absolute Gasteiger partial charge is 0.469 e. The number of hydrogen-bond donors (Lipinski definition) is 1. The minimum Gasteiger partial charge on any atom is -0.469 e. The maximum atomic E-state index is 13.2. The van der Waals surface area contributed by atoms with Crippen LogP contribution in [0.5, 0.6) is 0 Å². The summed E-state index contributed by atoms with van der Waals surface area (Å²) < 4.78 is 5.16. The Balaban J connectivity index is 1.81. The van der Waals surface area contributed by atoms with E-state index in [1.165, 1.54) is 7.11 Å². The smallest absolute Gasteiger partial charge is 0.311 e. The molecule has 0 aromatic rings. The number of ketones is 1. The van der Waals surface area contributed by atoms with Crippen LogP contribution in [0.2, 0.25) is 0 Å². The molecule has 4 nitrogen and oxygen atoms in total. The Kier molecular flexibility index (Phi) is 3.58. The number of hydrogen-bond acceptors (Lipinski definition) is 4. The minimum atomic E-state index is -0.515. The second-order valence-corrected chi connectivity index (χ2v) is 9.55. The molecule has 4 heteroatoms. The number of fused-ring (bicyclic) bond motifs is 3. The summed E-state index contributed by atoms with van der Waals surface area (Å²) >= 11 is 0. The second kappa shape index (κ2) is 5.18. The van der Waals surface area contributed by atoms with Crippen molar-refractivity contribution in [2.45, 2.75) is 64.9 Å². The molecule has 0 unspecified atom stereocenters. The average molecular weight is 346 g/mol. The Labute approximate surface area is 150 Å². The van der Waals surface area contributed by atoms with Crippen LogP contribution in [-0.4, -0.2) is 30.1 Å². The fourth-order valence-electron chi connectivity index (χ4n) is 7.70. The molecule has 0 heterocycles. The van der Waals surface area contributed by atoms with E-state index in [4.69, 9.17) is 4.74 Å². The van der Waals surface area contributed by atoms with Crippen molar-refractivity contribution < 1.29 is 19.4 Å². The maximum Gasteiger partial charge on any atom is 0.311 e. The van der Waals surface area contributed by atoms with Crippen molar-refractivity contribution >= 4 is 11.8 Å². The molecule has 1 spiro atoms. The SMILES string of the molecule is C=C1C(=O)[C@]23CC[C@@H]4[C@](C)(CCC[C@@]4(C)C(=O)OC)[C@H]2[C@@H](O)C[C@H]1C3. The van der Waals surface area contributed by atoms with Gasteiger partial charge in [0.2, 0.25) is 0 Å². The summed E-state index contributed by atoms with van der Waals surface area (Å²) in [5, 5.41) is 11.1. The van der Waals surface area contributed by atoms with Gasteiger partial charge in [-0.1, -0.05) is 19.9 Å². The summed E-state index contributed by atoms with van der Waals surface area (Å²) in [5.74, 6) is 0.305. The number of ether oxygens (including phenoxy) is 1. The van der Waals surface area contributed by atoms with Gasteiger partial charge in [0, 0.05) is 11.3 Å². The zero-order valence-corrected chi connectivity index (χ0v) is 15.6. The third-order valence-electron chi connectivity index (χ3n) is 8.57. The van der Waals surface area contributed by atoms with Gasteiger partial charge in [0.25, 0.3) is 0 Å². The normalized spacial score (nSPS) is 51.7. The molecule has 25 heavy (non-hydrogen) atoms. The summed E-state index contributed by atoms with van der Waals surface area (Å²) in [6, 6.07) is 0.